The molecule has 0 bridgehead atoms. The highest BCUT2D eigenvalue weighted by Gasteiger charge is 2.30. The number of hydrogen-bond acceptors (Lipinski definition) is 3. The molecule has 2 rings (SSSR count). The van der Waals surface area contributed by atoms with Crippen LogP contribution in [0.5, 0.6) is 0 Å². The number of nitrogens with one attached hydrogen (secondary N) is 2. The van der Waals surface area contributed by atoms with Crippen LogP contribution in [-0.2, 0) is 10.2 Å². The molecule has 2 aliphatic rings. The van der Waals surface area contributed by atoms with Crippen molar-refractivity contribution in [1.29, 1.82) is 0 Å². The van der Waals surface area contributed by atoms with Crippen molar-refractivity contribution in [3.63, 3.8) is 0 Å². The lowest BCUT2D eigenvalue weighted by Gasteiger charge is -2.31. The largest absolute Gasteiger partial charge is 0.316 e. The topological polar surface area (TPSA) is 61.4 Å². The fourth-order valence-electron chi connectivity index (χ4n) is 2.38. The monoisotopic (exact) mass is 283 g/mol. The lowest BCUT2D eigenvalue weighted by molar-refractivity contribution is 0.320. The second kappa shape index (κ2) is 6.33. The fraction of sp³-hybridized carbons (Fsp3) is 1.00. The molecule has 17 heavy (non-hydrogen) atoms. The molecule has 0 amide bonds. The highest BCUT2D eigenvalue weighted by atomic mass is 35.5. The van der Waals surface area contributed by atoms with Crippen molar-refractivity contribution < 1.29 is 8.42 Å². The Bertz CT molecular complexity index is 330. The van der Waals surface area contributed by atoms with E-state index in [-0.39, 0.29) is 18.4 Å². The van der Waals surface area contributed by atoms with Crippen molar-refractivity contribution >= 4 is 22.6 Å². The predicted octanol–water partition coefficient (Wildman–Crippen LogP) is 0.336. The molecule has 0 aromatic carbocycles. The molecule has 0 radical (unpaired) electrons. The lowest BCUT2D eigenvalue weighted by atomic mass is 9.97. The van der Waals surface area contributed by atoms with E-state index in [0.717, 1.165) is 32.4 Å². The third-order valence-electron chi connectivity index (χ3n) is 3.49. The lowest BCUT2D eigenvalue weighted by Crippen LogP contribution is -2.51. The molecule has 2 heterocycles. The fourth-order valence-corrected chi connectivity index (χ4v) is 4.00. The van der Waals surface area contributed by atoms with E-state index >= 15 is 0 Å². The average Bonchev–Trinajstić information content (AvgIpc) is 2.75. The van der Waals surface area contributed by atoms with Gasteiger partial charge in [-0.05, 0) is 38.3 Å². The van der Waals surface area contributed by atoms with Gasteiger partial charge < -0.3 is 5.32 Å². The van der Waals surface area contributed by atoms with Crippen LogP contribution in [-0.4, -0.2) is 44.9 Å². The summed E-state index contributed by atoms with van der Waals surface area (Å²) in [5.74, 6) is 0.367. The summed E-state index contributed by atoms with van der Waals surface area (Å²) in [6.45, 7) is 5.23. The second-order valence-corrected chi connectivity index (χ2v) is 6.51. The molecule has 2 fully saturated rings. The van der Waals surface area contributed by atoms with Gasteiger partial charge in [0, 0.05) is 19.1 Å². The smallest absolute Gasteiger partial charge is 0.279 e. The normalized spacial score (nSPS) is 31.1. The van der Waals surface area contributed by atoms with E-state index in [9.17, 15) is 8.42 Å². The predicted molar refractivity (Wildman–Crippen MR) is 70.5 cm³/mol. The van der Waals surface area contributed by atoms with Crippen molar-refractivity contribution in [2.45, 2.75) is 32.2 Å². The minimum atomic E-state index is -3.24. The molecule has 0 spiro atoms. The second-order valence-electron chi connectivity index (χ2n) is 4.81. The molecule has 0 aromatic heterocycles. The van der Waals surface area contributed by atoms with Gasteiger partial charge in [0.05, 0.1) is 0 Å². The van der Waals surface area contributed by atoms with Crippen molar-refractivity contribution in [1.82, 2.24) is 14.3 Å². The first kappa shape index (κ1) is 15.2. The zero-order valence-corrected chi connectivity index (χ0v) is 11.8. The number of hydrogen-bond donors (Lipinski definition) is 2. The first-order chi connectivity index (χ1) is 7.59. The Balaban J connectivity index is 0.00000144. The van der Waals surface area contributed by atoms with E-state index in [4.69, 9.17) is 0 Å². The van der Waals surface area contributed by atoms with Gasteiger partial charge in [-0.1, -0.05) is 6.92 Å². The molecule has 2 atom stereocenters. The molecule has 0 saturated carbocycles. The molecule has 2 saturated heterocycles. The Kier molecular flexibility index (Phi) is 5.66. The molecule has 0 aromatic rings. The van der Waals surface area contributed by atoms with Gasteiger partial charge in [0.25, 0.3) is 10.2 Å². The molecule has 2 aliphatic heterocycles. The summed E-state index contributed by atoms with van der Waals surface area (Å²) in [4.78, 5) is 0. The molecule has 102 valence electrons. The van der Waals surface area contributed by atoms with E-state index in [1.54, 1.807) is 4.31 Å². The van der Waals surface area contributed by atoms with Crippen LogP contribution in [0.3, 0.4) is 0 Å². The quantitative estimate of drug-likeness (QED) is 0.785. The molecule has 2 unspecified atom stereocenters. The molecular weight excluding hydrogens is 262 g/mol. The third-order valence-corrected chi connectivity index (χ3v) is 5.14. The standard InChI is InChI=1S/C10H21N3O2S.ClH/c1-9-8-11-5-4-10(9)12-16(14,15)13-6-2-3-7-13;/h9-12H,2-8H2,1H3;1H. The molecule has 5 nitrogen and oxygen atoms in total. The Morgan fingerprint density at radius 1 is 1.29 bits per heavy atom. The number of rotatable bonds is 3. The zero-order chi connectivity index (χ0) is 11.6. The number of piperidine rings is 1. The van der Waals surface area contributed by atoms with Gasteiger partial charge in [0.1, 0.15) is 0 Å². The summed E-state index contributed by atoms with van der Waals surface area (Å²) in [7, 11) is -3.24. The average molecular weight is 284 g/mol. The zero-order valence-electron chi connectivity index (χ0n) is 10.2. The van der Waals surface area contributed by atoms with E-state index in [2.05, 4.69) is 17.0 Å². The van der Waals surface area contributed by atoms with Crippen LogP contribution in [0.2, 0.25) is 0 Å². The Labute approximate surface area is 110 Å². The van der Waals surface area contributed by atoms with E-state index in [1.807, 2.05) is 0 Å². The highest BCUT2D eigenvalue weighted by molar-refractivity contribution is 7.87. The van der Waals surface area contributed by atoms with Crippen LogP contribution < -0.4 is 10.0 Å². The van der Waals surface area contributed by atoms with Gasteiger partial charge in [-0.2, -0.15) is 17.4 Å². The third kappa shape index (κ3) is 3.79. The van der Waals surface area contributed by atoms with Crippen LogP contribution in [0.4, 0.5) is 0 Å². The van der Waals surface area contributed by atoms with Gasteiger partial charge in [0.15, 0.2) is 0 Å². The molecule has 0 aliphatic carbocycles. The summed E-state index contributed by atoms with van der Waals surface area (Å²) < 4.78 is 28.5. The van der Waals surface area contributed by atoms with E-state index in [0.29, 0.717) is 19.0 Å². The van der Waals surface area contributed by atoms with Crippen LogP contribution >= 0.6 is 12.4 Å². The highest BCUT2D eigenvalue weighted by Crippen LogP contribution is 2.16. The summed E-state index contributed by atoms with van der Waals surface area (Å²) >= 11 is 0. The minimum absolute atomic E-state index is 0. The number of nitrogens with zero attached hydrogens (tertiary/aromatic N) is 1. The maximum absolute atomic E-state index is 12.0. The Morgan fingerprint density at radius 3 is 2.53 bits per heavy atom. The van der Waals surface area contributed by atoms with E-state index < -0.39 is 10.2 Å². The number of halogens is 1. The summed E-state index contributed by atoms with van der Waals surface area (Å²) in [5.41, 5.74) is 0. The SMILES string of the molecule is CC1CNCCC1NS(=O)(=O)N1CCCC1.Cl. The molecule has 7 heteroatoms. The van der Waals surface area contributed by atoms with Gasteiger partial charge in [-0.15, -0.1) is 12.4 Å². The first-order valence-electron chi connectivity index (χ1n) is 6.08. The molecule has 2 N–H and O–H groups in total. The van der Waals surface area contributed by atoms with Crippen LogP contribution in [0.15, 0.2) is 0 Å². The maximum atomic E-state index is 12.0. The van der Waals surface area contributed by atoms with Crippen molar-refractivity contribution in [2.24, 2.45) is 5.92 Å². The van der Waals surface area contributed by atoms with Crippen molar-refractivity contribution in [3.8, 4) is 0 Å². The minimum Gasteiger partial charge on any atom is -0.316 e. The van der Waals surface area contributed by atoms with Gasteiger partial charge >= 0.3 is 0 Å². The van der Waals surface area contributed by atoms with E-state index in [1.165, 1.54) is 0 Å². The van der Waals surface area contributed by atoms with Crippen LogP contribution in [0, 0.1) is 5.92 Å². The Hall–Kier alpha value is 0.120. The maximum Gasteiger partial charge on any atom is 0.279 e. The van der Waals surface area contributed by atoms with Crippen molar-refractivity contribution in [3.05, 3.63) is 0 Å². The van der Waals surface area contributed by atoms with Gasteiger partial charge in [-0.25, -0.2) is 0 Å². The Morgan fingerprint density at radius 2 is 1.94 bits per heavy atom. The molecular formula is C10H22ClN3O2S. The van der Waals surface area contributed by atoms with Crippen molar-refractivity contribution in [2.75, 3.05) is 26.2 Å². The summed E-state index contributed by atoms with van der Waals surface area (Å²) in [6, 6.07) is 0.0897. The first-order valence-corrected chi connectivity index (χ1v) is 7.52. The summed E-state index contributed by atoms with van der Waals surface area (Å²) in [6.07, 6.45) is 2.86. The van der Waals surface area contributed by atoms with Crippen LogP contribution in [0.25, 0.3) is 0 Å². The van der Waals surface area contributed by atoms with Gasteiger partial charge in [-0.3, -0.25) is 0 Å². The van der Waals surface area contributed by atoms with Gasteiger partial charge in [0.2, 0.25) is 0 Å². The van der Waals surface area contributed by atoms with Crippen LogP contribution in [0.1, 0.15) is 26.2 Å². The summed E-state index contributed by atoms with van der Waals surface area (Å²) in [5, 5.41) is 3.27.